The van der Waals surface area contributed by atoms with Crippen LogP contribution in [0.1, 0.15) is 17.0 Å². The lowest BCUT2D eigenvalue weighted by molar-refractivity contribution is 0.299. The molecule has 1 aromatic heterocycles. The predicted octanol–water partition coefficient (Wildman–Crippen LogP) is 2.43. The van der Waals surface area contributed by atoms with E-state index in [0.717, 1.165) is 22.5 Å². The summed E-state index contributed by atoms with van der Waals surface area (Å²) < 4.78 is 12.9. The summed E-state index contributed by atoms with van der Waals surface area (Å²) in [4.78, 5) is 8.82. The Morgan fingerprint density at radius 3 is 2.11 bits per heavy atom. The summed E-state index contributed by atoms with van der Waals surface area (Å²) in [6, 6.07) is 6.11. The van der Waals surface area contributed by atoms with Crippen LogP contribution in [0.2, 0.25) is 0 Å². The Balaban J connectivity index is 2.44. The maximum Gasteiger partial charge on any atom is 0.159 e. The summed E-state index contributed by atoms with van der Waals surface area (Å²) in [5.41, 5.74) is 3.48. The molecule has 18 heavy (non-hydrogen) atoms. The first-order valence-electron chi connectivity index (χ1n) is 5.82. The molecule has 1 heterocycles. The molecule has 0 unspecified atom stereocenters. The average molecular weight is 246 g/mol. The zero-order chi connectivity index (χ0) is 13.1. The van der Waals surface area contributed by atoms with E-state index in [9.17, 15) is 4.39 Å². The Morgan fingerprint density at radius 2 is 1.61 bits per heavy atom. The van der Waals surface area contributed by atoms with Crippen LogP contribution in [0.25, 0.3) is 11.4 Å². The van der Waals surface area contributed by atoms with Crippen molar-refractivity contribution in [1.29, 1.82) is 0 Å². The van der Waals surface area contributed by atoms with E-state index in [2.05, 4.69) is 9.97 Å². The molecule has 0 saturated carbocycles. The molecule has 0 fully saturated rings. The second-order valence-electron chi connectivity index (χ2n) is 4.18. The lowest BCUT2D eigenvalue weighted by Crippen LogP contribution is -2.04. The Kier molecular flexibility index (Phi) is 3.67. The minimum Gasteiger partial charge on any atom is -0.396 e. The van der Waals surface area contributed by atoms with Gasteiger partial charge in [-0.05, 0) is 50.1 Å². The standard InChI is InChI=1S/C14H15FN2O/c1-9-13(7-8-18)10(2)17-14(16-9)11-3-5-12(15)6-4-11/h3-6,18H,7-8H2,1-2H3. The molecule has 0 aliphatic heterocycles. The van der Waals surface area contributed by atoms with Crippen molar-refractivity contribution in [2.24, 2.45) is 0 Å². The van der Waals surface area contributed by atoms with Gasteiger partial charge in [-0.15, -0.1) is 0 Å². The van der Waals surface area contributed by atoms with Gasteiger partial charge in [0.2, 0.25) is 0 Å². The van der Waals surface area contributed by atoms with Gasteiger partial charge >= 0.3 is 0 Å². The fraction of sp³-hybridized carbons (Fsp3) is 0.286. The van der Waals surface area contributed by atoms with Crippen LogP contribution >= 0.6 is 0 Å². The van der Waals surface area contributed by atoms with E-state index in [-0.39, 0.29) is 12.4 Å². The van der Waals surface area contributed by atoms with Gasteiger partial charge in [0.25, 0.3) is 0 Å². The molecule has 4 heteroatoms. The lowest BCUT2D eigenvalue weighted by atomic mass is 10.1. The highest BCUT2D eigenvalue weighted by Crippen LogP contribution is 2.19. The minimum atomic E-state index is -0.274. The first-order valence-corrected chi connectivity index (χ1v) is 5.82. The number of halogens is 1. The first-order chi connectivity index (χ1) is 8.61. The van der Waals surface area contributed by atoms with E-state index in [4.69, 9.17) is 5.11 Å². The van der Waals surface area contributed by atoms with Gasteiger partial charge in [0.15, 0.2) is 5.82 Å². The smallest absolute Gasteiger partial charge is 0.159 e. The number of hydrogen-bond donors (Lipinski definition) is 1. The maximum absolute atomic E-state index is 12.9. The SMILES string of the molecule is Cc1nc(-c2ccc(F)cc2)nc(C)c1CCO. The third-order valence-corrected chi connectivity index (χ3v) is 2.88. The number of aromatic nitrogens is 2. The molecule has 0 radical (unpaired) electrons. The molecular formula is C14H15FN2O. The van der Waals surface area contributed by atoms with Gasteiger partial charge in [-0.1, -0.05) is 0 Å². The molecule has 0 aliphatic carbocycles. The van der Waals surface area contributed by atoms with E-state index >= 15 is 0 Å². The van der Waals surface area contributed by atoms with Crippen molar-refractivity contribution in [2.45, 2.75) is 20.3 Å². The van der Waals surface area contributed by atoms with E-state index in [1.165, 1.54) is 12.1 Å². The zero-order valence-corrected chi connectivity index (χ0v) is 10.4. The number of aliphatic hydroxyl groups excluding tert-OH is 1. The summed E-state index contributed by atoms with van der Waals surface area (Å²) >= 11 is 0. The van der Waals surface area contributed by atoms with Crippen LogP contribution in [-0.4, -0.2) is 21.7 Å². The van der Waals surface area contributed by atoms with Crippen molar-refractivity contribution in [3.05, 3.63) is 47.0 Å². The predicted molar refractivity (Wildman–Crippen MR) is 67.7 cm³/mol. The molecule has 94 valence electrons. The number of hydrogen-bond acceptors (Lipinski definition) is 3. The van der Waals surface area contributed by atoms with Crippen LogP contribution in [-0.2, 0) is 6.42 Å². The summed E-state index contributed by atoms with van der Waals surface area (Å²) in [5.74, 6) is 0.316. The molecule has 0 atom stereocenters. The first kappa shape index (κ1) is 12.6. The zero-order valence-electron chi connectivity index (χ0n) is 10.4. The molecular weight excluding hydrogens is 231 g/mol. The number of aryl methyl sites for hydroxylation is 2. The van der Waals surface area contributed by atoms with Crippen LogP contribution in [0.4, 0.5) is 4.39 Å². The quantitative estimate of drug-likeness (QED) is 0.904. The van der Waals surface area contributed by atoms with Gasteiger partial charge in [0.1, 0.15) is 5.82 Å². The number of rotatable bonds is 3. The minimum absolute atomic E-state index is 0.0843. The third kappa shape index (κ3) is 2.54. The van der Waals surface area contributed by atoms with Crippen molar-refractivity contribution < 1.29 is 9.50 Å². The number of aliphatic hydroxyl groups is 1. The normalized spacial score (nSPS) is 10.7. The third-order valence-electron chi connectivity index (χ3n) is 2.88. The van der Waals surface area contributed by atoms with Crippen molar-refractivity contribution in [2.75, 3.05) is 6.61 Å². The fourth-order valence-electron chi connectivity index (χ4n) is 1.94. The Bertz CT molecular complexity index is 529. The molecule has 0 bridgehead atoms. The van der Waals surface area contributed by atoms with E-state index in [1.807, 2.05) is 13.8 Å². The lowest BCUT2D eigenvalue weighted by Gasteiger charge is -2.09. The molecule has 0 aliphatic rings. The van der Waals surface area contributed by atoms with Crippen molar-refractivity contribution in [3.8, 4) is 11.4 Å². The highest BCUT2D eigenvalue weighted by Gasteiger charge is 2.09. The molecule has 2 rings (SSSR count). The highest BCUT2D eigenvalue weighted by atomic mass is 19.1. The number of benzene rings is 1. The van der Waals surface area contributed by atoms with Gasteiger partial charge < -0.3 is 5.11 Å². The molecule has 3 nitrogen and oxygen atoms in total. The summed E-state index contributed by atoms with van der Waals surface area (Å²) in [5, 5.41) is 8.99. The van der Waals surface area contributed by atoms with Crippen molar-refractivity contribution in [1.82, 2.24) is 9.97 Å². The molecule has 0 saturated heterocycles. The number of nitrogens with zero attached hydrogens (tertiary/aromatic N) is 2. The summed E-state index contributed by atoms with van der Waals surface area (Å²) in [6.45, 7) is 3.88. The van der Waals surface area contributed by atoms with Crippen LogP contribution < -0.4 is 0 Å². The largest absolute Gasteiger partial charge is 0.396 e. The second kappa shape index (κ2) is 5.23. The molecule has 0 spiro atoms. The van der Waals surface area contributed by atoms with Gasteiger partial charge in [0, 0.05) is 23.6 Å². The molecule has 1 aromatic carbocycles. The fourth-order valence-corrected chi connectivity index (χ4v) is 1.94. The maximum atomic E-state index is 12.9. The van der Waals surface area contributed by atoms with Gasteiger partial charge in [-0.3, -0.25) is 0 Å². The second-order valence-corrected chi connectivity index (χ2v) is 4.18. The van der Waals surface area contributed by atoms with E-state index in [0.29, 0.717) is 12.2 Å². The van der Waals surface area contributed by atoms with Gasteiger partial charge in [0.05, 0.1) is 0 Å². The monoisotopic (exact) mass is 246 g/mol. The average Bonchev–Trinajstić information content (AvgIpc) is 2.34. The van der Waals surface area contributed by atoms with Crippen LogP contribution in [0.5, 0.6) is 0 Å². The van der Waals surface area contributed by atoms with Gasteiger partial charge in [-0.25, -0.2) is 14.4 Å². The highest BCUT2D eigenvalue weighted by molar-refractivity contribution is 5.55. The Labute approximate surface area is 105 Å². The van der Waals surface area contributed by atoms with E-state index < -0.39 is 0 Å². The van der Waals surface area contributed by atoms with Gasteiger partial charge in [-0.2, -0.15) is 0 Å². The summed E-state index contributed by atoms with van der Waals surface area (Å²) in [6.07, 6.45) is 0.557. The molecule has 1 N–H and O–H groups in total. The summed E-state index contributed by atoms with van der Waals surface area (Å²) in [7, 11) is 0. The van der Waals surface area contributed by atoms with Crippen LogP contribution in [0.15, 0.2) is 24.3 Å². The van der Waals surface area contributed by atoms with Crippen molar-refractivity contribution >= 4 is 0 Å². The molecule has 0 amide bonds. The Hall–Kier alpha value is -1.81. The topological polar surface area (TPSA) is 46.0 Å². The van der Waals surface area contributed by atoms with Crippen LogP contribution in [0.3, 0.4) is 0 Å². The molecule has 2 aromatic rings. The van der Waals surface area contributed by atoms with Crippen LogP contribution in [0, 0.1) is 19.7 Å². The van der Waals surface area contributed by atoms with Crippen molar-refractivity contribution in [3.63, 3.8) is 0 Å². The Morgan fingerprint density at radius 1 is 1.06 bits per heavy atom. The van der Waals surface area contributed by atoms with E-state index in [1.54, 1.807) is 12.1 Å².